The molecule has 1 N–H and O–H groups in total. The molecule has 144 valence electrons. The van der Waals surface area contributed by atoms with E-state index in [9.17, 15) is 4.79 Å². The van der Waals surface area contributed by atoms with Crippen molar-refractivity contribution in [1.29, 1.82) is 0 Å². The normalized spacial score (nSPS) is 10.6. The molecule has 0 aromatic heterocycles. The number of methoxy groups -OCH3 is 3. The average Bonchev–Trinajstić information content (AvgIpc) is 2.65. The maximum atomic E-state index is 12.0. The molecule has 0 spiro atoms. The molecular weight excluding hydrogens is 348 g/mol. The van der Waals surface area contributed by atoms with Gasteiger partial charge in [0.2, 0.25) is 0 Å². The molecule has 0 atom stereocenters. The van der Waals surface area contributed by atoms with Gasteiger partial charge in [-0.15, -0.1) is 0 Å². The molecule has 27 heavy (non-hydrogen) atoms. The highest BCUT2D eigenvalue weighted by Crippen LogP contribution is 2.32. The van der Waals surface area contributed by atoms with Gasteiger partial charge < -0.3 is 18.9 Å². The summed E-state index contributed by atoms with van der Waals surface area (Å²) in [4.78, 5) is 12.0. The van der Waals surface area contributed by atoms with Gasteiger partial charge in [-0.3, -0.25) is 4.79 Å². The Morgan fingerprint density at radius 1 is 0.926 bits per heavy atom. The minimum absolute atomic E-state index is 0.142. The lowest BCUT2D eigenvalue weighted by atomic mass is 10.1. The van der Waals surface area contributed by atoms with Crippen LogP contribution in [-0.4, -0.2) is 40.1 Å². The number of carbonyl (C=O) groups excluding carboxylic acids is 1. The van der Waals surface area contributed by atoms with Gasteiger partial charge in [0, 0.05) is 12.1 Å². The third kappa shape index (κ3) is 5.64. The van der Waals surface area contributed by atoms with E-state index in [1.54, 1.807) is 19.2 Å². The summed E-state index contributed by atoms with van der Waals surface area (Å²) >= 11 is 0. The SMILES string of the molecule is COc1cc(OC)c(C=NNC(=O)COc2cc(C)cc(C)c2)c(OC)c1. The summed E-state index contributed by atoms with van der Waals surface area (Å²) in [5.41, 5.74) is 5.15. The fraction of sp³-hybridized carbons (Fsp3) is 0.300. The molecule has 0 aliphatic heterocycles. The van der Waals surface area contributed by atoms with Crippen molar-refractivity contribution in [3.05, 3.63) is 47.0 Å². The zero-order chi connectivity index (χ0) is 19.8. The molecule has 2 aromatic rings. The van der Waals surface area contributed by atoms with E-state index in [1.165, 1.54) is 20.4 Å². The minimum atomic E-state index is -0.378. The fourth-order valence-corrected chi connectivity index (χ4v) is 2.53. The Morgan fingerprint density at radius 2 is 1.52 bits per heavy atom. The van der Waals surface area contributed by atoms with Crippen molar-refractivity contribution in [2.75, 3.05) is 27.9 Å². The van der Waals surface area contributed by atoms with E-state index in [4.69, 9.17) is 18.9 Å². The zero-order valence-corrected chi connectivity index (χ0v) is 16.2. The third-order valence-electron chi connectivity index (χ3n) is 3.70. The van der Waals surface area contributed by atoms with Gasteiger partial charge in [-0.25, -0.2) is 5.43 Å². The number of nitrogens with one attached hydrogen (secondary N) is 1. The molecule has 7 nitrogen and oxygen atoms in total. The molecular formula is C20H24N2O5. The molecule has 2 aromatic carbocycles. The predicted molar refractivity (Wildman–Crippen MR) is 103 cm³/mol. The van der Waals surface area contributed by atoms with Gasteiger partial charge in [0.1, 0.15) is 23.0 Å². The number of benzene rings is 2. The lowest BCUT2D eigenvalue weighted by Crippen LogP contribution is -2.24. The number of hydrogen-bond donors (Lipinski definition) is 1. The third-order valence-corrected chi connectivity index (χ3v) is 3.70. The second kappa shape index (κ2) is 9.47. The Balaban J connectivity index is 2.01. The number of carbonyl (C=O) groups is 1. The Morgan fingerprint density at radius 3 is 2.04 bits per heavy atom. The van der Waals surface area contributed by atoms with Crippen molar-refractivity contribution in [2.24, 2.45) is 5.10 Å². The second-order valence-corrected chi connectivity index (χ2v) is 5.85. The van der Waals surface area contributed by atoms with Gasteiger partial charge in [0.25, 0.3) is 5.91 Å². The number of amides is 1. The summed E-state index contributed by atoms with van der Waals surface area (Å²) in [6.07, 6.45) is 1.45. The van der Waals surface area contributed by atoms with Crippen molar-refractivity contribution in [3.63, 3.8) is 0 Å². The summed E-state index contributed by atoms with van der Waals surface area (Å²) in [5.74, 6) is 1.88. The van der Waals surface area contributed by atoms with E-state index >= 15 is 0 Å². The van der Waals surface area contributed by atoms with Crippen LogP contribution in [0.3, 0.4) is 0 Å². The van der Waals surface area contributed by atoms with E-state index in [-0.39, 0.29) is 12.5 Å². The van der Waals surface area contributed by atoms with Crippen molar-refractivity contribution in [2.45, 2.75) is 13.8 Å². The van der Waals surface area contributed by atoms with Gasteiger partial charge in [-0.1, -0.05) is 6.07 Å². The Bertz CT molecular complexity index is 788. The number of nitrogens with zero attached hydrogens (tertiary/aromatic N) is 1. The highest BCUT2D eigenvalue weighted by Gasteiger charge is 2.11. The molecule has 0 saturated heterocycles. The first-order valence-electron chi connectivity index (χ1n) is 8.29. The van der Waals surface area contributed by atoms with Crippen LogP contribution in [0.5, 0.6) is 23.0 Å². The van der Waals surface area contributed by atoms with Crippen LogP contribution in [0.25, 0.3) is 0 Å². The van der Waals surface area contributed by atoms with Crippen LogP contribution in [0.1, 0.15) is 16.7 Å². The van der Waals surface area contributed by atoms with Gasteiger partial charge >= 0.3 is 0 Å². The van der Waals surface area contributed by atoms with Gasteiger partial charge in [-0.2, -0.15) is 5.10 Å². The van der Waals surface area contributed by atoms with E-state index < -0.39 is 0 Å². The lowest BCUT2D eigenvalue weighted by Gasteiger charge is -2.12. The number of hydrazone groups is 1. The van der Waals surface area contributed by atoms with Crippen LogP contribution < -0.4 is 24.4 Å². The van der Waals surface area contributed by atoms with E-state index in [2.05, 4.69) is 10.5 Å². The monoisotopic (exact) mass is 372 g/mol. The summed E-state index contributed by atoms with van der Waals surface area (Å²) < 4.78 is 21.4. The first-order chi connectivity index (χ1) is 13.0. The fourth-order valence-electron chi connectivity index (χ4n) is 2.53. The van der Waals surface area contributed by atoms with E-state index in [0.717, 1.165) is 11.1 Å². The zero-order valence-electron chi connectivity index (χ0n) is 16.2. The van der Waals surface area contributed by atoms with Crippen LogP contribution in [0, 0.1) is 13.8 Å². The number of hydrogen-bond acceptors (Lipinski definition) is 6. The molecule has 0 saturated carbocycles. The van der Waals surface area contributed by atoms with Crippen LogP contribution in [0.4, 0.5) is 0 Å². The van der Waals surface area contributed by atoms with Gasteiger partial charge in [0.05, 0.1) is 33.1 Å². The summed E-state index contributed by atoms with van der Waals surface area (Å²) in [6, 6.07) is 9.18. The highest BCUT2D eigenvalue weighted by molar-refractivity contribution is 5.89. The molecule has 0 unspecified atom stereocenters. The van der Waals surface area contributed by atoms with Crippen LogP contribution >= 0.6 is 0 Å². The molecule has 0 fully saturated rings. The first-order valence-corrected chi connectivity index (χ1v) is 8.29. The second-order valence-electron chi connectivity index (χ2n) is 5.85. The van der Waals surface area contributed by atoms with Crippen molar-refractivity contribution in [1.82, 2.24) is 5.43 Å². The van der Waals surface area contributed by atoms with Gasteiger partial charge in [0.15, 0.2) is 6.61 Å². The predicted octanol–water partition coefficient (Wildman–Crippen LogP) is 2.86. The Kier molecular flexibility index (Phi) is 7.05. The standard InChI is InChI=1S/C20H24N2O5/c1-13-6-14(2)8-16(7-13)27-12-20(23)22-21-11-17-18(25-4)9-15(24-3)10-19(17)26-5/h6-11H,12H2,1-5H3,(H,22,23). The highest BCUT2D eigenvalue weighted by atomic mass is 16.5. The molecule has 1 amide bonds. The van der Waals surface area contributed by atoms with Crippen LogP contribution in [0.2, 0.25) is 0 Å². The molecule has 2 rings (SSSR count). The number of ether oxygens (including phenoxy) is 4. The van der Waals surface area contributed by atoms with Crippen molar-refractivity contribution >= 4 is 12.1 Å². The molecule has 0 radical (unpaired) electrons. The van der Waals surface area contributed by atoms with Crippen LogP contribution in [0.15, 0.2) is 35.4 Å². The number of aryl methyl sites for hydroxylation is 2. The topological polar surface area (TPSA) is 78.4 Å². The molecule has 0 aliphatic rings. The van der Waals surface area contributed by atoms with Gasteiger partial charge in [-0.05, 0) is 37.1 Å². The minimum Gasteiger partial charge on any atom is -0.496 e. The average molecular weight is 372 g/mol. The summed E-state index contributed by atoms with van der Waals surface area (Å²) in [6.45, 7) is 3.80. The summed E-state index contributed by atoms with van der Waals surface area (Å²) in [5, 5.41) is 3.96. The van der Waals surface area contributed by atoms with Crippen LogP contribution in [-0.2, 0) is 4.79 Å². The Hall–Kier alpha value is -3.22. The maximum absolute atomic E-state index is 12.0. The quantitative estimate of drug-likeness (QED) is 0.569. The largest absolute Gasteiger partial charge is 0.496 e. The molecule has 0 heterocycles. The van der Waals surface area contributed by atoms with Crippen molar-refractivity contribution < 1.29 is 23.7 Å². The molecule has 0 aliphatic carbocycles. The smallest absolute Gasteiger partial charge is 0.277 e. The van der Waals surface area contributed by atoms with E-state index in [0.29, 0.717) is 28.6 Å². The molecule has 7 heteroatoms. The maximum Gasteiger partial charge on any atom is 0.277 e. The van der Waals surface area contributed by atoms with Crippen molar-refractivity contribution in [3.8, 4) is 23.0 Å². The molecule has 0 bridgehead atoms. The van der Waals surface area contributed by atoms with E-state index in [1.807, 2.05) is 32.0 Å². The summed E-state index contributed by atoms with van der Waals surface area (Å²) in [7, 11) is 4.61. The Labute approximate surface area is 158 Å². The lowest BCUT2D eigenvalue weighted by molar-refractivity contribution is -0.123. The number of rotatable bonds is 8. The first kappa shape index (κ1) is 20.1.